The van der Waals surface area contributed by atoms with E-state index in [0.717, 1.165) is 6.42 Å². The molecule has 116 valence electrons. The summed E-state index contributed by atoms with van der Waals surface area (Å²) in [6.07, 6.45) is -2.32. The Bertz CT molecular complexity index is 471. The van der Waals surface area contributed by atoms with Crippen LogP contribution in [0.3, 0.4) is 0 Å². The zero-order valence-corrected chi connectivity index (χ0v) is 11.2. The predicted molar refractivity (Wildman–Crippen MR) is 67.0 cm³/mol. The van der Waals surface area contributed by atoms with Crippen molar-refractivity contribution in [1.29, 1.82) is 0 Å². The zero-order valence-electron chi connectivity index (χ0n) is 11.2. The number of carbonyl (C=O) groups excluding carboxylic acids is 1. The van der Waals surface area contributed by atoms with Gasteiger partial charge in [-0.25, -0.2) is 4.98 Å². The summed E-state index contributed by atoms with van der Waals surface area (Å²) in [5.41, 5.74) is 0.272. The molecule has 0 spiro atoms. The highest BCUT2D eigenvalue weighted by molar-refractivity contribution is 5.93. The monoisotopic (exact) mass is 304 g/mol. The summed E-state index contributed by atoms with van der Waals surface area (Å²) in [5, 5.41) is 2.74. The van der Waals surface area contributed by atoms with Gasteiger partial charge in [0.15, 0.2) is 6.61 Å². The number of halogens is 3. The van der Waals surface area contributed by atoms with Crippen molar-refractivity contribution in [2.24, 2.45) is 5.92 Å². The van der Waals surface area contributed by atoms with Crippen molar-refractivity contribution in [3.05, 3.63) is 23.9 Å². The Balaban J connectivity index is 1.81. The van der Waals surface area contributed by atoms with Gasteiger partial charge in [0.25, 0.3) is 5.91 Å². The minimum atomic E-state index is -4.42. The van der Waals surface area contributed by atoms with Crippen molar-refractivity contribution in [2.75, 3.05) is 26.4 Å². The van der Waals surface area contributed by atoms with Crippen molar-refractivity contribution in [1.82, 2.24) is 10.3 Å². The number of nitrogens with one attached hydrogen (secondary N) is 1. The third kappa shape index (κ3) is 5.22. The fourth-order valence-electron chi connectivity index (χ4n) is 1.84. The lowest BCUT2D eigenvalue weighted by Crippen LogP contribution is -2.29. The van der Waals surface area contributed by atoms with Gasteiger partial charge < -0.3 is 14.8 Å². The van der Waals surface area contributed by atoms with E-state index in [-0.39, 0.29) is 17.4 Å². The Morgan fingerprint density at radius 2 is 2.29 bits per heavy atom. The van der Waals surface area contributed by atoms with Crippen LogP contribution in [-0.4, -0.2) is 43.4 Å². The maximum absolute atomic E-state index is 12.0. The molecule has 8 heteroatoms. The van der Waals surface area contributed by atoms with Gasteiger partial charge in [-0.3, -0.25) is 4.79 Å². The average Bonchev–Trinajstić information content (AvgIpc) is 2.95. The quantitative estimate of drug-likeness (QED) is 0.901. The van der Waals surface area contributed by atoms with Crippen LogP contribution in [0, 0.1) is 5.92 Å². The topological polar surface area (TPSA) is 60.5 Å². The number of aromatic nitrogens is 1. The van der Waals surface area contributed by atoms with Crippen molar-refractivity contribution >= 4 is 5.91 Å². The van der Waals surface area contributed by atoms with E-state index < -0.39 is 12.8 Å². The second-order valence-corrected chi connectivity index (χ2v) is 4.73. The maximum Gasteiger partial charge on any atom is 0.422 e. The SMILES string of the molecule is O=C(NC[C@@H]1CCOC1)c1ccc(OCC(F)(F)F)nc1. The third-order valence-corrected chi connectivity index (χ3v) is 2.96. The average molecular weight is 304 g/mol. The minimum absolute atomic E-state index is 0.173. The first-order valence-electron chi connectivity index (χ1n) is 6.45. The van der Waals surface area contributed by atoms with Gasteiger partial charge >= 0.3 is 6.18 Å². The molecule has 1 fully saturated rings. The summed E-state index contributed by atoms with van der Waals surface area (Å²) < 4.78 is 45.6. The zero-order chi connectivity index (χ0) is 15.3. The molecule has 2 heterocycles. The van der Waals surface area contributed by atoms with Crippen molar-refractivity contribution in [3.63, 3.8) is 0 Å². The van der Waals surface area contributed by atoms with Gasteiger partial charge in [-0.2, -0.15) is 13.2 Å². The molecular formula is C13H15F3N2O3. The van der Waals surface area contributed by atoms with Gasteiger partial charge in [0.05, 0.1) is 12.2 Å². The van der Waals surface area contributed by atoms with Gasteiger partial charge in [-0.05, 0) is 12.5 Å². The van der Waals surface area contributed by atoms with Crippen LogP contribution in [0.15, 0.2) is 18.3 Å². The Labute approximate surface area is 119 Å². The molecule has 5 nitrogen and oxygen atoms in total. The Morgan fingerprint density at radius 1 is 1.48 bits per heavy atom. The van der Waals surface area contributed by atoms with E-state index in [0.29, 0.717) is 25.7 Å². The lowest BCUT2D eigenvalue weighted by atomic mass is 10.1. The second kappa shape index (κ2) is 6.75. The first-order valence-corrected chi connectivity index (χ1v) is 6.45. The molecule has 1 amide bonds. The summed E-state index contributed by atoms with van der Waals surface area (Å²) in [4.78, 5) is 15.5. The van der Waals surface area contributed by atoms with Crippen LogP contribution in [-0.2, 0) is 4.74 Å². The molecule has 0 aliphatic carbocycles. The Hall–Kier alpha value is -1.83. The molecule has 1 atom stereocenters. The largest absolute Gasteiger partial charge is 0.468 e. The van der Waals surface area contributed by atoms with E-state index in [1.807, 2.05) is 0 Å². The number of hydrogen-bond acceptors (Lipinski definition) is 4. The number of amides is 1. The van der Waals surface area contributed by atoms with Gasteiger partial charge in [-0.1, -0.05) is 0 Å². The van der Waals surface area contributed by atoms with E-state index in [2.05, 4.69) is 15.0 Å². The summed E-state index contributed by atoms with van der Waals surface area (Å²) in [6.45, 7) is 0.425. The number of nitrogens with zero attached hydrogens (tertiary/aromatic N) is 1. The molecular weight excluding hydrogens is 289 g/mol. The second-order valence-electron chi connectivity index (χ2n) is 4.73. The molecule has 0 bridgehead atoms. The normalized spacial score (nSPS) is 18.5. The van der Waals surface area contributed by atoms with Gasteiger partial charge in [0.1, 0.15) is 0 Å². The van der Waals surface area contributed by atoms with Gasteiger partial charge in [0.2, 0.25) is 5.88 Å². The predicted octanol–water partition coefficient (Wildman–Crippen LogP) is 1.79. The molecule has 0 saturated carbocycles. The number of hydrogen-bond donors (Lipinski definition) is 1. The maximum atomic E-state index is 12.0. The minimum Gasteiger partial charge on any atom is -0.468 e. The Morgan fingerprint density at radius 3 is 2.86 bits per heavy atom. The molecule has 1 saturated heterocycles. The summed E-state index contributed by atoms with van der Waals surface area (Å²) in [6, 6.07) is 2.61. The lowest BCUT2D eigenvalue weighted by Gasteiger charge is -2.10. The first kappa shape index (κ1) is 15.6. The molecule has 1 aliphatic heterocycles. The van der Waals surface area contributed by atoms with Crippen molar-refractivity contribution in [3.8, 4) is 5.88 Å². The van der Waals surface area contributed by atoms with Crippen LogP contribution in [0.2, 0.25) is 0 Å². The van der Waals surface area contributed by atoms with Crippen LogP contribution >= 0.6 is 0 Å². The number of ether oxygens (including phenoxy) is 2. The molecule has 2 rings (SSSR count). The van der Waals surface area contributed by atoms with Crippen LogP contribution in [0.1, 0.15) is 16.8 Å². The fraction of sp³-hybridized carbons (Fsp3) is 0.538. The number of pyridine rings is 1. The number of alkyl halides is 3. The molecule has 0 radical (unpaired) electrons. The van der Waals surface area contributed by atoms with Gasteiger partial charge in [0, 0.05) is 31.3 Å². The highest BCUT2D eigenvalue weighted by atomic mass is 19.4. The molecule has 1 aromatic heterocycles. The van der Waals surface area contributed by atoms with E-state index in [9.17, 15) is 18.0 Å². The standard InChI is InChI=1S/C13H15F3N2O3/c14-13(15,16)8-21-11-2-1-10(6-17-11)12(19)18-5-9-3-4-20-7-9/h1-2,6,9H,3-5,7-8H2,(H,18,19)/t9-/m0/s1. The molecule has 1 aliphatic rings. The molecule has 1 N–H and O–H groups in total. The van der Waals surface area contributed by atoms with E-state index in [1.165, 1.54) is 18.3 Å². The number of rotatable bonds is 5. The lowest BCUT2D eigenvalue weighted by molar-refractivity contribution is -0.154. The van der Waals surface area contributed by atoms with Crippen molar-refractivity contribution < 1.29 is 27.4 Å². The smallest absolute Gasteiger partial charge is 0.422 e. The van der Waals surface area contributed by atoms with E-state index in [1.54, 1.807) is 0 Å². The summed E-state index contributed by atoms with van der Waals surface area (Å²) in [7, 11) is 0. The van der Waals surface area contributed by atoms with Crippen LogP contribution in [0.4, 0.5) is 13.2 Å². The highest BCUT2D eigenvalue weighted by Crippen LogP contribution is 2.17. The van der Waals surface area contributed by atoms with E-state index >= 15 is 0 Å². The van der Waals surface area contributed by atoms with Gasteiger partial charge in [-0.15, -0.1) is 0 Å². The van der Waals surface area contributed by atoms with Crippen LogP contribution in [0.5, 0.6) is 5.88 Å². The summed E-state index contributed by atoms with van der Waals surface area (Å²) in [5.74, 6) is -0.193. The summed E-state index contributed by atoms with van der Waals surface area (Å²) >= 11 is 0. The number of carbonyl (C=O) groups is 1. The fourth-order valence-corrected chi connectivity index (χ4v) is 1.84. The van der Waals surface area contributed by atoms with E-state index in [4.69, 9.17) is 4.74 Å². The Kier molecular flexibility index (Phi) is 5.00. The molecule has 1 aromatic rings. The third-order valence-electron chi connectivity index (χ3n) is 2.96. The van der Waals surface area contributed by atoms with Crippen molar-refractivity contribution in [2.45, 2.75) is 12.6 Å². The first-order chi connectivity index (χ1) is 9.94. The molecule has 0 aromatic carbocycles. The highest BCUT2D eigenvalue weighted by Gasteiger charge is 2.28. The molecule has 0 unspecified atom stereocenters. The molecule has 21 heavy (non-hydrogen) atoms. The van der Waals surface area contributed by atoms with Crippen LogP contribution < -0.4 is 10.1 Å². The van der Waals surface area contributed by atoms with Crippen LogP contribution in [0.25, 0.3) is 0 Å².